The van der Waals surface area contributed by atoms with Crippen LogP contribution >= 0.6 is 15.2 Å². The fraction of sp³-hybridized carbons (Fsp3) is 0.429. The van der Waals surface area contributed by atoms with Crippen molar-refractivity contribution in [2.45, 2.75) is 19.6 Å². The molecule has 0 unspecified atom stereocenters. The number of aromatic hydroxyl groups is 1. The van der Waals surface area contributed by atoms with Crippen LogP contribution in [-0.2, 0) is 42.5 Å². The molecule has 0 amide bonds. The Hall–Kier alpha value is -1.54. The van der Waals surface area contributed by atoms with Gasteiger partial charge in [-0.25, -0.2) is 0 Å². The molecule has 0 saturated carbocycles. The van der Waals surface area contributed by atoms with Gasteiger partial charge in [0, 0.05) is 19.8 Å². The summed E-state index contributed by atoms with van der Waals surface area (Å²) >= 11 is 0. The van der Waals surface area contributed by atoms with Crippen LogP contribution in [0.25, 0.3) is 0 Å². The monoisotopic (exact) mass is 486 g/mol. The number of phenols is 1. The molecule has 1 heterocycles. The van der Waals surface area contributed by atoms with Crippen LogP contribution in [0, 0.1) is 0 Å². The first-order chi connectivity index (χ1) is 15.3. The molecule has 1 saturated heterocycles. The molecule has 0 aromatic heterocycles. The molecule has 32 heavy (non-hydrogen) atoms. The Morgan fingerprint density at radius 3 is 1.91 bits per heavy atom. The van der Waals surface area contributed by atoms with Gasteiger partial charge in [0.2, 0.25) is 5.79 Å². The molecule has 0 spiro atoms. The van der Waals surface area contributed by atoms with Crippen LogP contribution in [0.3, 0.4) is 0 Å². The van der Waals surface area contributed by atoms with E-state index in [9.17, 15) is 14.2 Å². The minimum atomic E-state index is -3.61. The highest BCUT2D eigenvalue weighted by molar-refractivity contribution is 7.62. The summed E-state index contributed by atoms with van der Waals surface area (Å²) in [6.07, 6.45) is 0. The molecule has 0 atom stereocenters. The van der Waals surface area contributed by atoms with Crippen molar-refractivity contribution in [3.63, 3.8) is 0 Å². The van der Waals surface area contributed by atoms with Gasteiger partial charge in [0.1, 0.15) is 5.75 Å². The van der Waals surface area contributed by atoms with Gasteiger partial charge in [-0.15, -0.1) is 0 Å². The molecule has 0 bridgehead atoms. The third-order valence-corrected chi connectivity index (χ3v) is 8.99. The van der Waals surface area contributed by atoms with E-state index in [1.54, 1.807) is 38.1 Å². The minimum absolute atomic E-state index is 0.112. The number of ether oxygens (including phenoxy) is 2. The van der Waals surface area contributed by atoms with E-state index in [1.165, 1.54) is 32.4 Å². The molecule has 0 radical (unpaired) electrons. The minimum Gasteiger partial charge on any atom is -0.507 e. The van der Waals surface area contributed by atoms with Crippen LogP contribution in [0.4, 0.5) is 0 Å². The summed E-state index contributed by atoms with van der Waals surface area (Å²) in [5.74, 6) is -1.58. The van der Waals surface area contributed by atoms with E-state index in [-0.39, 0.29) is 43.0 Å². The molecule has 11 heteroatoms. The summed E-state index contributed by atoms with van der Waals surface area (Å²) in [6.45, 7) is 4.36. The quantitative estimate of drug-likeness (QED) is 0.504. The van der Waals surface area contributed by atoms with Gasteiger partial charge in [-0.2, -0.15) is 0 Å². The zero-order valence-corrected chi connectivity index (χ0v) is 20.3. The predicted molar refractivity (Wildman–Crippen MR) is 119 cm³/mol. The second-order valence-electron chi connectivity index (χ2n) is 6.76. The fourth-order valence-corrected chi connectivity index (χ4v) is 6.20. The predicted octanol–water partition coefficient (Wildman–Crippen LogP) is 3.64. The Morgan fingerprint density at radius 2 is 1.41 bits per heavy atom. The molecule has 1 aliphatic heterocycles. The van der Waals surface area contributed by atoms with E-state index >= 15 is 0 Å². The molecular formula is C21H28O9P2. The van der Waals surface area contributed by atoms with Crippen molar-refractivity contribution in [3.8, 4) is 5.75 Å². The zero-order chi connectivity index (χ0) is 23.4. The van der Waals surface area contributed by atoms with Crippen LogP contribution in [0.5, 0.6) is 5.75 Å². The van der Waals surface area contributed by atoms with Crippen molar-refractivity contribution in [1.29, 1.82) is 0 Å². The topological polar surface area (TPSA) is 110 Å². The van der Waals surface area contributed by atoms with Gasteiger partial charge in [-0.1, -0.05) is 12.1 Å². The van der Waals surface area contributed by atoms with E-state index in [4.69, 9.17) is 27.6 Å². The molecule has 3 rings (SSSR count). The molecule has 2 aromatic carbocycles. The van der Waals surface area contributed by atoms with Crippen molar-refractivity contribution in [1.82, 2.24) is 0 Å². The normalized spacial score (nSPS) is 16.4. The number of hydrogen-bond acceptors (Lipinski definition) is 9. The van der Waals surface area contributed by atoms with Crippen LogP contribution in [0.15, 0.2) is 42.5 Å². The van der Waals surface area contributed by atoms with E-state index in [0.717, 1.165) is 0 Å². The van der Waals surface area contributed by atoms with Gasteiger partial charge in [0.25, 0.3) is 0 Å². The molecule has 9 nitrogen and oxygen atoms in total. The zero-order valence-electron chi connectivity index (χ0n) is 18.5. The highest BCUT2D eigenvalue weighted by atomic mass is 31.2. The first kappa shape index (κ1) is 25.1. The van der Waals surface area contributed by atoms with Crippen molar-refractivity contribution in [3.05, 3.63) is 53.6 Å². The lowest BCUT2D eigenvalue weighted by Gasteiger charge is -2.30. The largest absolute Gasteiger partial charge is 0.507 e. The van der Waals surface area contributed by atoms with E-state index in [1.807, 2.05) is 0 Å². The average Bonchev–Trinajstić information content (AvgIpc) is 3.30. The maximum absolute atomic E-state index is 13.3. The number of rotatable bonds is 10. The van der Waals surface area contributed by atoms with E-state index in [2.05, 4.69) is 0 Å². The number of hydrogen-bond donors (Lipinski definition) is 1. The number of phenolic OH excluding ortho intramolecular Hbond substituents is 1. The van der Waals surface area contributed by atoms with Crippen molar-refractivity contribution >= 4 is 25.8 Å². The van der Waals surface area contributed by atoms with E-state index in [0.29, 0.717) is 10.9 Å². The Morgan fingerprint density at radius 1 is 0.875 bits per heavy atom. The first-order valence-electron chi connectivity index (χ1n) is 10.1. The van der Waals surface area contributed by atoms with Gasteiger partial charge in [-0.3, -0.25) is 9.13 Å². The Bertz CT molecular complexity index is 998. The SMILES string of the molecule is CCOP(=O)(OCC)c1ccc(O)c(C2(c3ccc(P(=O)(OC)OC)cc3)OCCO2)c1. The summed E-state index contributed by atoms with van der Waals surface area (Å²) in [5, 5.41) is 11.3. The average molecular weight is 486 g/mol. The molecule has 0 aliphatic carbocycles. The van der Waals surface area contributed by atoms with Gasteiger partial charge in [0.05, 0.1) is 42.6 Å². The third-order valence-electron chi connectivity index (χ3n) is 4.99. The highest BCUT2D eigenvalue weighted by Crippen LogP contribution is 2.50. The molecule has 176 valence electrons. The van der Waals surface area contributed by atoms with Crippen LogP contribution in [0.1, 0.15) is 25.0 Å². The van der Waals surface area contributed by atoms with Crippen LogP contribution in [-0.4, -0.2) is 45.8 Å². The lowest BCUT2D eigenvalue weighted by atomic mass is 9.96. The van der Waals surface area contributed by atoms with Crippen molar-refractivity contribution in [2.24, 2.45) is 0 Å². The second-order valence-corrected chi connectivity index (χ2v) is 11.0. The standard InChI is InChI=1S/C21H28O9P2/c1-5-29-32(24,30-6-2)18-11-12-20(22)19(15-18)21(27-13-14-28-21)16-7-9-17(10-8-16)31(23,25-3)26-4/h7-12,15,22H,5-6,13-14H2,1-4H3. The maximum Gasteiger partial charge on any atom is 0.361 e. The van der Waals surface area contributed by atoms with Crippen molar-refractivity contribution < 1.29 is 41.8 Å². The summed E-state index contributed by atoms with van der Waals surface area (Å²) in [4.78, 5) is 0. The highest BCUT2D eigenvalue weighted by Gasteiger charge is 2.44. The lowest BCUT2D eigenvalue weighted by Crippen LogP contribution is -2.30. The maximum atomic E-state index is 13.3. The molecule has 1 N–H and O–H groups in total. The lowest BCUT2D eigenvalue weighted by molar-refractivity contribution is -0.130. The van der Waals surface area contributed by atoms with E-state index < -0.39 is 21.0 Å². The van der Waals surface area contributed by atoms with Crippen LogP contribution in [0.2, 0.25) is 0 Å². The Balaban J connectivity index is 2.11. The Labute approximate surface area is 187 Å². The van der Waals surface area contributed by atoms with Gasteiger partial charge in [-0.05, 0) is 44.2 Å². The molecule has 2 aromatic rings. The molecular weight excluding hydrogens is 458 g/mol. The Kier molecular flexibility index (Phi) is 7.97. The second kappa shape index (κ2) is 10.2. The van der Waals surface area contributed by atoms with Crippen LogP contribution < -0.4 is 10.6 Å². The van der Waals surface area contributed by atoms with Gasteiger partial charge < -0.3 is 32.7 Å². The smallest absolute Gasteiger partial charge is 0.361 e. The number of benzene rings is 2. The summed E-state index contributed by atoms with van der Waals surface area (Å²) in [5.41, 5.74) is 0.786. The first-order valence-corrected chi connectivity index (χ1v) is 13.2. The third kappa shape index (κ3) is 4.58. The molecule has 1 aliphatic rings. The summed E-state index contributed by atoms with van der Waals surface area (Å²) < 4.78 is 58.9. The summed E-state index contributed by atoms with van der Waals surface area (Å²) in [7, 11) is -4.43. The summed E-state index contributed by atoms with van der Waals surface area (Å²) in [6, 6.07) is 10.9. The van der Waals surface area contributed by atoms with Crippen molar-refractivity contribution in [2.75, 3.05) is 40.6 Å². The van der Waals surface area contributed by atoms with Gasteiger partial charge in [0.15, 0.2) is 0 Å². The van der Waals surface area contributed by atoms with Gasteiger partial charge >= 0.3 is 15.2 Å². The molecule has 1 fully saturated rings. The fourth-order valence-electron chi connectivity index (χ4n) is 3.52.